The third-order valence-corrected chi connectivity index (χ3v) is 0.929. The van der Waals surface area contributed by atoms with E-state index >= 15 is 0 Å². The van der Waals surface area contributed by atoms with Gasteiger partial charge in [0.15, 0.2) is 0 Å². The van der Waals surface area contributed by atoms with Gasteiger partial charge in [0.05, 0.1) is 12.5 Å². The SMILES string of the molecule is CC(C)COC(=O)NCS. The van der Waals surface area contributed by atoms with Crippen LogP contribution in [-0.4, -0.2) is 18.6 Å². The molecular formula is C6H13NO2S. The molecule has 0 radical (unpaired) electrons. The molecule has 0 atom stereocenters. The maximum Gasteiger partial charge on any atom is 0.407 e. The number of nitrogens with one attached hydrogen (secondary N) is 1. The fourth-order valence-electron chi connectivity index (χ4n) is 0.358. The summed E-state index contributed by atoms with van der Waals surface area (Å²) in [6.45, 7) is 4.42. The second kappa shape index (κ2) is 5.41. The van der Waals surface area contributed by atoms with E-state index in [0.717, 1.165) is 0 Å². The van der Waals surface area contributed by atoms with Crippen LogP contribution in [-0.2, 0) is 4.74 Å². The van der Waals surface area contributed by atoms with Gasteiger partial charge in [-0.15, -0.1) is 0 Å². The molecule has 0 saturated heterocycles. The van der Waals surface area contributed by atoms with Crippen molar-refractivity contribution in [3.63, 3.8) is 0 Å². The summed E-state index contributed by atoms with van der Waals surface area (Å²) >= 11 is 3.79. The molecular weight excluding hydrogens is 150 g/mol. The lowest BCUT2D eigenvalue weighted by atomic mass is 10.2. The van der Waals surface area contributed by atoms with Crippen molar-refractivity contribution in [2.45, 2.75) is 13.8 Å². The zero-order chi connectivity index (χ0) is 7.98. The highest BCUT2D eigenvalue weighted by atomic mass is 32.1. The van der Waals surface area contributed by atoms with Gasteiger partial charge >= 0.3 is 6.09 Å². The van der Waals surface area contributed by atoms with Crippen molar-refractivity contribution in [1.29, 1.82) is 0 Å². The molecule has 0 spiro atoms. The van der Waals surface area contributed by atoms with E-state index in [1.165, 1.54) is 0 Å². The van der Waals surface area contributed by atoms with Crippen LogP contribution in [0.1, 0.15) is 13.8 Å². The topological polar surface area (TPSA) is 38.3 Å². The summed E-state index contributed by atoms with van der Waals surface area (Å²) in [5, 5.41) is 2.40. The predicted octanol–water partition coefficient (Wildman–Crippen LogP) is 1.26. The van der Waals surface area contributed by atoms with Gasteiger partial charge in [0.1, 0.15) is 0 Å². The van der Waals surface area contributed by atoms with Crippen LogP contribution in [0.4, 0.5) is 4.79 Å². The highest BCUT2D eigenvalue weighted by molar-refractivity contribution is 7.80. The smallest absolute Gasteiger partial charge is 0.407 e. The lowest BCUT2D eigenvalue weighted by Gasteiger charge is -2.06. The van der Waals surface area contributed by atoms with Gasteiger partial charge in [0.25, 0.3) is 0 Å². The van der Waals surface area contributed by atoms with Crippen LogP contribution in [0.25, 0.3) is 0 Å². The monoisotopic (exact) mass is 163 g/mol. The van der Waals surface area contributed by atoms with Gasteiger partial charge in [-0.3, -0.25) is 0 Å². The van der Waals surface area contributed by atoms with E-state index in [2.05, 4.69) is 17.9 Å². The number of alkyl carbamates (subject to hydrolysis) is 1. The molecule has 0 aromatic carbocycles. The summed E-state index contributed by atoms with van der Waals surface area (Å²) < 4.78 is 4.74. The van der Waals surface area contributed by atoms with Gasteiger partial charge in [-0.1, -0.05) is 13.8 Å². The maximum atomic E-state index is 10.6. The van der Waals surface area contributed by atoms with Gasteiger partial charge in [-0.25, -0.2) is 4.79 Å². The molecule has 0 aliphatic rings. The maximum absolute atomic E-state index is 10.6. The van der Waals surface area contributed by atoms with Crippen molar-refractivity contribution < 1.29 is 9.53 Å². The Morgan fingerprint density at radius 3 is 2.70 bits per heavy atom. The fraction of sp³-hybridized carbons (Fsp3) is 0.833. The summed E-state index contributed by atoms with van der Waals surface area (Å²) in [6, 6.07) is 0. The Hall–Kier alpha value is -0.380. The lowest BCUT2D eigenvalue weighted by molar-refractivity contribution is 0.135. The zero-order valence-electron chi connectivity index (χ0n) is 6.26. The standard InChI is InChI=1S/C6H13NO2S/c1-5(2)3-9-6(8)7-4-10/h5,10H,3-4H2,1-2H3,(H,7,8). The molecule has 0 unspecified atom stereocenters. The molecule has 1 amide bonds. The molecule has 0 saturated carbocycles. The van der Waals surface area contributed by atoms with Crippen molar-refractivity contribution in [2.24, 2.45) is 5.92 Å². The van der Waals surface area contributed by atoms with Crippen molar-refractivity contribution in [3.8, 4) is 0 Å². The van der Waals surface area contributed by atoms with Crippen LogP contribution in [0.15, 0.2) is 0 Å². The molecule has 0 aliphatic heterocycles. The number of thiol groups is 1. The molecule has 0 bridgehead atoms. The van der Waals surface area contributed by atoms with E-state index in [9.17, 15) is 4.79 Å². The molecule has 1 N–H and O–H groups in total. The van der Waals surface area contributed by atoms with Crippen LogP contribution in [0, 0.1) is 5.92 Å². The largest absolute Gasteiger partial charge is 0.449 e. The summed E-state index contributed by atoms with van der Waals surface area (Å²) in [7, 11) is 0. The van der Waals surface area contributed by atoms with E-state index in [1.54, 1.807) is 0 Å². The molecule has 0 rings (SSSR count). The lowest BCUT2D eigenvalue weighted by Crippen LogP contribution is -2.24. The van der Waals surface area contributed by atoms with Crippen molar-refractivity contribution in [3.05, 3.63) is 0 Å². The van der Waals surface area contributed by atoms with E-state index in [1.807, 2.05) is 13.8 Å². The van der Waals surface area contributed by atoms with E-state index < -0.39 is 6.09 Å². The molecule has 60 valence electrons. The van der Waals surface area contributed by atoms with Gasteiger partial charge in [-0.05, 0) is 5.92 Å². The molecule has 3 nitrogen and oxygen atoms in total. The third-order valence-electron chi connectivity index (χ3n) is 0.771. The van der Waals surface area contributed by atoms with Gasteiger partial charge < -0.3 is 10.1 Å². The Morgan fingerprint density at radius 2 is 2.30 bits per heavy atom. The predicted molar refractivity (Wildman–Crippen MR) is 43.2 cm³/mol. The molecule has 0 fully saturated rings. The first-order valence-corrected chi connectivity index (χ1v) is 3.81. The number of hydrogen-bond acceptors (Lipinski definition) is 3. The third kappa shape index (κ3) is 5.75. The molecule has 0 aromatic heterocycles. The van der Waals surface area contributed by atoms with Crippen molar-refractivity contribution in [1.82, 2.24) is 5.32 Å². The average molecular weight is 163 g/mol. The number of rotatable bonds is 3. The first-order valence-electron chi connectivity index (χ1n) is 3.18. The van der Waals surface area contributed by atoms with Gasteiger partial charge in [0.2, 0.25) is 0 Å². The summed E-state index contributed by atoms with van der Waals surface area (Å²) in [5.41, 5.74) is 0. The zero-order valence-corrected chi connectivity index (χ0v) is 7.15. The summed E-state index contributed by atoms with van der Waals surface area (Å²) in [6.07, 6.45) is -0.399. The Labute approximate surface area is 66.5 Å². The molecule has 0 aromatic rings. The van der Waals surface area contributed by atoms with Crippen molar-refractivity contribution >= 4 is 18.7 Å². The quantitative estimate of drug-likeness (QED) is 0.485. The Bertz CT molecular complexity index is 106. The number of amides is 1. The van der Waals surface area contributed by atoms with Gasteiger partial charge in [-0.2, -0.15) is 12.6 Å². The second-order valence-corrected chi connectivity index (χ2v) is 2.64. The molecule has 10 heavy (non-hydrogen) atoms. The van der Waals surface area contributed by atoms with Crippen LogP contribution >= 0.6 is 12.6 Å². The fourth-order valence-corrected chi connectivity index (χ4v) is 0.487. The van der Waals surface area contributed by atoms with Crippen LogP contribution in [0.3, 0.4) is 0 Å². The highest BCUT2D eigenvalue weighted by Gasteiger charge is 2.00. The van der Waals surface area contributed by atoms with Gasteiger partial charge in [0, 0.05) is 0 Å². The van der Waals surface area contributed by atoms with Crippen molar-refractivity contribution in [2.75, 3.05) is 12.5 Å². The van der Waals surface area contributed by atoms with E-state index in [4.69, 9.17) is 4.74 Å². The minimum Gasteiger partial charge on any atom is -0.449 e. The molecule has 4 heteroatoms. The Balaban J connectivity index is 3.22. The summed E-state index contributed by atoms with van der Waals surface area (Å²) in [5.74, 6) is 0.697. The Kier molecular flexibility index (Phi) is 5.20. The number of carbonyl (C=O) groups excluding carboxylic acids is 1. The molecule has 0 aliphatic carbocycles. The number of hydrogen-bond donors (Lipinski definition) is 2. The first kappa shape index (κ1) is 9.62. The first-order chi connectivity index (χ1) is 4.66. The van der Waals surface area contributed by atoms with Crippen LogP contribution < -0.4 is 5.32 Å². The number of ether oxygens (including phenoxy) is 1. The average Bonchev–Trinajstić information content (AvgIpc) is 1.85. The minimum absolute atomic E-state index is 0.316. The Morgan fingerprint density at radius 1 is 1.70 bits per heavy atom. The van der Waals surface area contributed by atoms with Crippen LogP contribution in [0.5, 0.6) is 0 Å². The summed E-state index contributed by atoms with van der Waals surface area (Å²) in [4.78, 5) is 10.6. The van der Waals surface area contributed by atoms with Crippen LogP contribution in [0.2, 0.25) is 0 Å². The number of carbonyl (C=O) groups is 1. The minimum atomic E-state index is -0.399. The molecule has 0 heterocycles. The second-order valence-electron chi connectivity index (χ2n) is 2.33. The highest BCUT2D eigenvalue weighted by Crippen LogP contribution is 1.91. The van der Waals surface area contributed by atoms with E-state index in [0.29, 0.717) is 18.4 Å². The van der Waals surface area contributed by atoms with E-state index in [-0.39, 0.29) is 0 Å². The normalized spacial score (nSPS) is 9.60.